The second kappa shape index (κ2) is 6.93. The molecule has 10 heteroatoms. The van der Waals surface area contributed by atoms with E-state index in [0.717, 1.165) is 0 Å². The first-order valence-corrected chi connectivity index (χ1v) is 10.1. The second-order valence-electron chi connectivity index (χ2n) is 8.41. The van der Waals surface area contributed by atoms with Crippen LogP contribution in [0.4, 0.5) is 0 Å². The number of halogens is 1. The highest BCUT2D eigenvalue weighted by atomic mass is 35.5. The highest BCUT2D eigenvalue weighted by Crippen LogP contribution is 2.51. The molecule has 0 aromatic heterocycles. The van der Waals surface area contributed by atoms with Gasteiger partial charge in [-0.25, -0.2) is 0 Å². The highest BCUT2D eigenvalue weighted by molar-refractivity contribution is 6.37. The standard InChI is InChI=1S/C22H21ClN2O7/c1-7-8-6-9-16(25(2)3)18(28)15(21(24)31)20(30)22(9,32)19(29)13(8)17(27)14-11(26)5-4-10(23)12(7)14/h4-5,9,16,26-27,30,32H,6H2,1-3H3,(H2,24,31)/t9-,16?,22-/m0/s1. The molecule has 1 amide bonds. The summed E-state index contributed by atoms with van der Waals surface area (Å²) < 4.78 is 0. The molecule has 2 aliphatic rings. The monoisotopic (exact) mass is 460 g/mol. The van der Waals surface area contributed by atoms with Crippen LogP contribution in [0.5, 0.6) is 11.5 Å². The fourth-order valence-corrected chi connectivity index (χ4v) is 5.40. The molecular weight excluding hydrogens is 440 g/mol. The Morgan fingerprint density at radius 3 is 2.38 bits per heavy atom. The number of aryl methyl sites for hydroxylation is 1. The summed E-state index contributed by atoms with van der Waals surface area (Å²) in [5.41, 5.74) is 2.19. The van der Waals surface area contributed by atoms with E-state index < -0.39 is 52.1 Å². The summed E-state index contributed by atoms with van der Waals surface area (Å²) in [4.78, 5) is 40.0. The molecule has 0 saturated heterocycles. The summed E-state index contributed by atoms with van der Waals surface area (Å²) in [7, 11) is 3.06. The summed E-state index contributed by atoms with van der Waals surface area (Å²) in [6, 6.07) is 1.54. The van der Waals surface area contributed by atoms with Crippen molar-refractivity contribution in [2.45, 2.75) is 25.0 Å². The zero-order chi connectivity index (χ0) is 23.9. The van der Waals surface area contributed by atoms with E-state index in [2.05, 4.69) is 0 Å². The SMILES string of the molecule is Cc1c2c(c(O)c3c(O)ccc(Cl)c13)C(=O)[C@]1(O)C(O)=C(C(N)=O)C(=O)C(N(C)C)[C@@H]1C2. The normalized spacial score (nSPS) is 25.3. The number of aromatic hydroxyl groups is 2. The molecule has 4 rings (SSSR count). The number of primary amides is 1. The van der Waals surface area contributed by atoms with Crippen LogP contribution in [0.2, 0.25) is 5.02 Å². The first-order chi connectivity index (χ1) is 14.8. The number of amides is 1. The number of benzene rings is 2. The smallest absolute Gasteiger partial charge is 0.255 e. The van der Waals surface area contributed by atoms with Gasteiger partial charge in [0.1, 0.15) is 22.8 Å². The van der Waals surface area contributed by atoms with Crippen molar-refractivity contribution in [3.63, 3.8) is 0 Å². The number of likely N-dealkylation sites (N-methyl/N-ethyl adjacent to an activating group) is 1. The summed E-state index contributed by atoms with van der Waals surface area (Å²) in [6.45, 7) is 1.64. The van der Waals surface area contributed by atoms with Crippen molar-refractivity contribution < 1.29 is 34.8 Å². The number of rotatable bonds is 2. The minimum atomic E-state index is -2.69. The minimum absolute atomic E-state index is 0.0845. The Balaban J connectivity index is 2.13. The Kier molecular flexibility index (Phi) is 4.78. The van der Waals surface area contributed by atoms with E-state index in [-0.39, 0.29) is 28.1 Å². The van der Waals surface area contributed by atoms with Crippen LogP contribution in [0, 0.1) is 12.8 Å². The summed E-state index contributed by atoms with van der Waals surface area (Å²) in [6.07, 6.45) is -0.108. The number of phenols is 2. The quantitative estimate of drug-likeness (QED) is 0.416. The van der Waals surface area contributed by atoms with Crippen molar-refractivity contribution in [3.8, 4) is 11.5 Å². The maximum Gasteiger partial charge on any atom is 0.255 e. The number of nitrogens with two attached hydrogens (primary N) is 1. The zero-order valence-electron chi connectivity index (χ0n) is 17.4. The van der Waals surface area contributed by atoms with E-state index in [0.29, 0.717) is 16.5 Å². The van der Waals surface area contributed by atoms with Gasteiger partial charge in [-0.2, -0.15) is 0 Å². The average molecular weight is 461 g/mol. The third-order valence-corrected chi connectivity index (χ3v) is 6.88. The molecule has 2 aliphatic carbocycles. The van der Waals surface area contributed by atoms with Gasteiger partial charge in [0.2, 0.25) is 5.78 Å². The lowest BCUT2D eigenvalue weighted by Crippen LogP contribution is -2.64. The first-order valence-electron chi connectivity index (χ1n) is 9.72. The molecule has 2 aromatic rings. The van der Waals surface area contributed by atoms with Crippen LogP contribution in [0.25, 0.3) is 10.8 Å². The van der Waals surface area contributed by atoms with Gasteiger partial charge in [0, 0.05) is 16.3 Å². The van der Waals surface area contributed by atoms with Crippen molar-refractivity contribution in [2.24, 2.45) is 11.7 Å². The van der Waals surface area contributed by atoms with Crippen LogP contribution in [-0.4, -0.2) is 68.5 Å². The van der Waals surface area contributed by atoms with Gasteiger partial charge in [0.05, 0.1) is 17.0 Å². The number of hydrogen-bond acceptors (Lipinski definition) is 8. The van der Waals surface area contributed by atoms with Crippen LogP contribution < -0.4 is 5.73 Å². The van der Waals surface area contributed by atoms with Gasteiger partial charge in [-0.15, -0.1) is 0 Å². The Labute approximate surface area is 187 Å². The van der Waals surface area contributed by atoms with Gasteiger partial charge in [-0.3, -0.25) is 19.3 Å². The van der Waals surface area contributed by atoms with Crippen LogP contribution in [0.1, 0.15) is 21.5 Å². The number of ketones is 2. The Morgan fingerprint density at radius 2 is 1.81 bits per heavy atom. The predicted molar refractivity (Wildman–Crippen MR) is 115 cm³/mol. The molecule has 0 saturated carbocycles. The number of aliphatic hydroxyl groups excluding tert-OH is 1. The fraction of sp³-hybridized carbons (Fsp3) is 0.318. The molecule has 0 spiro atoms. The molecule has 168 valence electrons. The zero-order valence-corrected chi connectivity index (χ0v) is 18.2. The number of nitrogens with zero attached hydrogens (tertiary/aromatic N) is 1. The summed E-state index contributed by atoms with van der Waals surface area (Å²) in [5.74, 6) is -6.49. The molecule has 3 atom stereocenters. The molecule has 6 N–H and O–H groups in total. The van der Waals surface area contributed by atoms with Crippen LogP contribution in [-0.2, 0) is 16.0 Å². The van der Waals surface area contributed by atoms with E-state index in [1.165, 1.54) is 31.1 Å². The topological polar surface area (TPSA) is 161 Å². The molecular formula is C22H21ClN2O7. The largest absolute Gasteiger partial charge is 0.508 e. The van der Waals surface area contributed by atoms with Crippen molar-refractivity contribution in [1.82, 2.24) is 4.90 Å². The average Bonchev–Trinajstić information content (AvgIpc) is 2.69. The van der Waals surface area contributed by atoms with Crippen LogP contribution in [0.3, 0.4) is 0 Å². The van der Waals surface area contributed by atoms with Gasteiger partial charge in [-0.1, -0.05) is 11.6 Å². The molecule has 0 bridgehead atoms. The van der Waals surface area contributed by atoms with E-state index in [4.69, 9.17) is 17.3 Å². The maximum absolute atomic E-state index is 13.6. The van der Waals surface area contributed by atoms with E-state index in [9.17, 15) is 34.8 Å². The Bertz CT molecular complexity index is 1280. The molecule has 0 radical (unpaired) electrons. The number of hydrogen-bond donors (Lipinski definition) is 5. The van der Waals surface area contributed by atoms with Gasteiger partial charge >= 0.3 is 0 Å². The van der Waals surface area contributed by atoms with Crippen molar-refractivity contribution in [3.05, 3.63) is 45.2 Å². The van der Waals surface area contributed by atoms with Crippen LogP contribution in [0.15, 0.2) is 23.5 Å². The fourth-order valence-electron chi connectivity index (χ4n) is 5.10. The number of Topliss-reactive ketones (excluding diaryl/α,β-unsaturated/α-hetero) is 2. The van der Waals surface area contributed by atoms with E-state index >= 15 is 0 Å². The number of aliphatic hydroxyl groups is 2. The summed E-state index contributed by atoms with van der Waals surface area (Å²) >= 11 is 6.31. The Morgan fingerprint density at radius 1 is 1.19 bits per heavy atom. The maximum atomic E-state index is 13.6. The molecule has 0 fully saturated rings. The van der Waals surface area contributed by atoms with Gasteiger partial charge in [0.15, 0.2) is 11.4 Å². The van der Waals surface area contributed by atoms with E-state index in [1.54, 1.807) is 6.92 Å². The van der Waals surface area contributed by atoms with Crippen molar-refractivity contribution >= 4 is 39.8 Å². The first kappa shape index (κ1) is 22.1. The number of fused-ring (bicyclic) bond motifs is 3. The number of phenolic OH excluding ortho intramolecular Hbond substituents is 2. The van der Waals surface area contributed by atoms with Crippen LogP contribution >= 0.6 is 11.6 Å². The number of carbonyl (C=O) groups excluding carboxylic acids is 3. The summed E-state index contributed by atoms with van der Waals surface area (Å²) in [5, 5.41) is 44.0. The van der Waals surface area contributed by atoms with Crippen molar-refractivity contribution in [2.75, 3.05) is 14.1 Å². The Hall–Kier alpha value is -3.14. The molecule has 0 heterocycles. The highest BCUT2D eigenvalue weighted by Gasteiger charge is 2.62. The van der Waals surface area contributed by atoms with Crippen molar-refractivity contribution in [1.29, 1.82) is 0 Å². The third kappa shape index (κ3) is 2.55. The molecule has 0 aliphatic heterocycles. The minimum Gasteiger partial charge on any atom is -0.508 e. The lowest BCUT2D eigenvalue weighted by atomic mass is 9.61. The van der Waals surface area contributed by atoms with Gasteiger partial charge < -0.3 is 26.2 Å². The van der Waals surface area contributed by atoms with E-state index in [1.807, 2.05) is 0 Å². The molecule has 9 nitrogen and oxygen atoms in total. The molecule has 32 heavy (non-hydrogen) atoms. The lowest BCUT2D eigenvalue weighted by molar-refractivity contribution is -0.132. The predicted octanol–water partition coefficient (Wildman–Crippen LogP) is 1.11. The van der Waals surface area contributed by atoms with Gasteiger partial charge in [0.25, 0.3) is 5.91 Å². The third-order valence-electron chi connectivity index (χ3n) is 6.57. The number of carbonyl (C=O) groups is 3. The molecule has 1 unspecified atom stereocenters. The lowest BCUT2D eigenvalue weighted by Gasteiger charge is -2.47. The second-order valence-corrected chi connectivity index (χ2v) is 8.82. The van der Waals surface area contributed by atoms with Gasteiger partial charge in [-0.05, 0) is 50.7 Å². The molecule has 2 aromatic carbocycles.